The van der Waals surface area contributed by atoms with Gasteiger partial charge in [-0.05, 0) is 73.5 Å². The fourth-order valence-corrected chi connectivity index (χ4v) is 10.7. The van der Waals surface area contributed by atoms with E-state index in [9.17, 15) is 36.0 Å². The number of ketones is 1. The topological polar surface area (TPSA) is 191 Å². The summed E-state index contributed by atoms with van der Waals surface area (Å²) < 4.78 is 60.9. The third kappa shape index (κ3) is 15.2. The van der Waals surface area contributed by atoms with Crippen LogP contribution >= 0.6 is 0 Å². The second-order valence-corrected chi connectivity index (χ2v) is 20.3. The van der Waals surface area contributed by atoms with Gasteiger partial charge in [0.1, 0.15) is 0 Å². The van der Waals surface area contributed by atoms with Crippen molar-refractivity contribution in [1.29, 1.82) is 0 Å². The van der Waals surface area contributed by atoms with E-state index in [1.807, 2.05) is 46.2 Å². The molecule has 2 aliphatic heterocycles. The molecule has 2 N–H and O–H groups in total. The second-order valence-electron chi connectivity index (χ2n) is 16.2. The first-order chi connectivity index (χ1) is 31.6. The molecule has 0 spiro atoms. The normalized spacial score (nSPS) is 14.7. The number of nitrogens with zero attached hydrogens (tertiary/aromatic N) is 6. The van der Waals surface area contributed by atoms with Gasteiger partial charge in [-0.25, -0.2) is 21.6 Å². The van der Waals surface area contributed by atoms with Crippen LogP contribution in [0, 0.1) is 0 Å². The van der Waals surface area contributed by atoms with E-state index in [0.29, 0.717) is 74.6 Å². The Hall–Kier alpha value is -5.66. The molecule has 0 aromatic heterocycles. The Bertz CT molecular complexity index is 2240. The van der Waals surface area contributed by atoms with Gasteiger partial charge < -0.3 is 20.3 Å². The monoisotopic (exact) mass is 945 g/mol. The van der Waals surface area contributed by atoms with Crippen molar-refractivity contribution in [2.45, 2.75) is 39.8 Å². The number of methoxy groups -OCH3 is 1. The first-order valence-corrected chi connectivity index (χ1v) is 25.4. The van der Waals surface area contributed by atoms with Crippen LogP contribution in [-0.2, 0) is 47.5 Å². The van der Waals surface area contributed by atoms with Gasteiger partial charge in [0, 0.05) is 71.8 Å². The molecule has 0 radical (unpaired) electrons. The van der Waals surface area contributed by atoms with Crippen LogP contribution in [0.3, 0.4) is 0 Å². The van der Waals surface area contributed by atoms with E-state index < -0.39 is 26.0 Å². The van der Waals surface area contributed by atoms with Crippen LogP contribution < -0.4 is 14.3 Å². The maximum atomic E-state index is 13.3. The highest BCUT2D eigenvalue weighted by atomic mass is 32.2. The fraction of sp³-hybridized carbons (Fsp3) is 0.417. The van der Waals surface area contributed by atoms with Crippen molar-refractivity contribution in [2.75, 3.05) is 99.2 Å². The SMILES string of the molecule is CC(=O)N1CCN(CCCS(=O)(=O)N(Cc2ccc(C(=O)CN)cc2)c2ccccc2)CC1.COC(=O)c1ccc(CN(c2ccccc2)S(=O)(=O)CCCN2CCN(C(C)=O)CC2)cc1. The maximum Gasteiger partial charge on any atom is 0.337 e. The zero-order chi connectivity index (χ0) is 47.7. The zero-order valence-corrected chi connectivity index (χ0v) is 39.8. The van der Waals surface area contributed by atoms with Gasteiger partial charge in [-0.1, -0.05) is 72.8 Å². The minimum absolute atomic E-state index is 0.0229. The molecule has 2 saturated heterocycles. The number of hydrogen-bond donors (Lipinski definition) is 1. The molecule has 66 heavy (non-hydrogen) atoms. The number of para-hydroxylation sites is 2. The summed E-state index contributed by atoms with van der Waals surface area (Å²) in [6.07, 6.45) is 1.02. The van der Waals surface area contributed by atoms with Crippen molar-refractivity contribution in [2.24, 2.45) is 5.73 Å². The molecule has 6 rings (SSSR count). The lowest BCUT2D eigenvalue weighted by molar-refractivity contribution is -0.131. The molecule has 0 unspecified atom stereocenters. The maximum absolute atomic E-state index is 13.3. The summed E-state index contributed by atoms with van der Waals surface area (Å²) >= 11 is 0. The molecule has 0 atom stereocenters. The number of hydrogen-bond acceptors (Lipinski definition) is 12. The highest BCUT2D eigenvalue weighted by Gasteiger charge is 2.26. The average Bonchev–Trinajstić information content (AvgIpc) is 3.33. The third-order valence-electron chi connectivity index (χ3n) is 11.6. The van der Waals surface area contributed by atoms with Crippen LogP contribution in [0.4, 0.5) is 11.4 Å². The molecule has 0 aliphatic carbocycles. The largest absolute Gasteiger partial charge is 0.465 e. The van der Waals surface area contributed by atoms with Gasteiger partial charge in [-0.3, -0.25) is 32.8 Å². The Morgan fingerprint density at radius 1 is 0.545 bits per heavy atom. The first-order valence-electron chi connectivity index (χ1n) is 22.2. The van der Waals surface area contributed by atoms with Crippen molar-refractivity contribution in [1.82, 2.24) is 19.6 Å². The lowest BCUT2D eigenvalue weighted by atomic mass is 10.1. The van der Waals surface area contributed by atoms with E-state index in [0.717, 1.165) is 37.3 Å². The molecular formula is C48H63N7O9S2. The van der Waals surface area contributed by atoms with Crippen LogP contribution in [0.1, 0.15) is 58.5 Å². The molecule has 2 amide bonds. The number of amides is 2. The quantitative estimate of drug-likeness (QED) is 0.105. The Kier molecular flexibility index (Phi) is 19.2. The van der Waals surface area contributed by atoms with E-state index in [-0.39, 0.29) is 48.7 Å². The van der Waals surface area contributed by atoms with Gasteiger partial charge in [0.05, 0.1) is 55.2 Å². The molecule has 2 fully saturated rings. The predicted molar refractivity (Wildman–Crippen MR) is 257 cm³/mol. The lowest BCUT2D eigenvalue weighted by Gasteiger charge is -2.34. The summed E-state index contributed by atoms with van der Waals surface area (Å²) in [4.78, 5) is 54.4. The fourth-order valence-electron chi connectivity index (χ4n) is 7.73. The molecule has 2 heterocycles. The van der Waals surface area contributed by atoms with Crippen molar-refractivity contribution < 1.29 is 40.8 Å². The van der Waals surface area contributed by atoms with E-state index in [2.05, 4.69) is 9.80 Å². The summed E-state index contributed by atoms with van der Waals surface area (Å²) in [5.74, 6) is -0.379. The number of benzene rings is 4. The number of piperazine rings is 2. The van der Waals surface area contributed by atoms with E-state index >= 15 is 0 Å². The van der Waals surface area contributed by atoms with Gasteiger partial charge in [0.25, 0.3) is 0 Å². The summed E-state index contributed by atoms with van der Waals surface area (Å²) in [5.41, 5.74) is 9.12. The standard InChI is InChI=1S/C24H32N4O4S.C24H31N3O5S/c1-20(29)27-15-13-26(14-16-27)12-5-17-33(31,32)28(23-6-3-2-4-7-23)19-21-8-10-22(11-9-21)24(30)18-25;1-20(28)26-16-14-25(15-17-26)13-6-18-33(30,31)27(23-7-4-3-5-8-23)19-21-9-11-22(12-10-21)24(29)32-2/h2-4,6-11H,5,12-19,25H2,1H3;3-5,7-12H,6,13-19H2,1-2H3. The second kappa shape index (κ2) is 24.7. The number of ether oxygens (including phenoxy) is 1. The molecule has 0 bridgehead atoms. The molecule has 356 valence electrons. The lowest BCUT2D eigenvalue weighted by Crippen LogP contribution is -2.48. The summed E-state index contributed by atoms with van der Waals surface area (Å²) in [7, 11) is -5.83. The van der Waals surface area contributed by atoms with Crippen molar-refractivity contribution >= 4 is 55.0 Å². The summed E-state index contributed by atoms with van der Waals surface area (Å²) in [6.45, 7) is 10.5. The third-order valence-corrected chi connectivity index (χ3v) is 15.3. The first kappa shape index (κ1) is 51.3. The van der Waals surface area contributed by atoms with E-state index in [4.69, 9.17) is 10.5 Å². The number of carbonyl (C=O) groups is 4. The number of nitrogens with two attached hydrogens (primary N) is 1. The molecule has 2 aliphatic rings. The van der Waals surface area contributed by atoms with Crippen LogP contribution in [0.2, 0.25) is 0 Å². The number of carbonyl (C=O) groups excluding carboxylic acids is 4. The smallest absolute Gasteiger partial charge is 0.337 e. The predicted octanol–water partition coefficient (Wildman–Crippen LogP) is 4.08. The molecule has 0 saturated carbocycles. The molecule has 4 aromatic carbocycles. The zero-order valence-electron chi connectivity index (χ0n) is 38.2. The molecule has 18 heteroatoms. The Morgan fingerprint density at radius 3 is 1.24 bits per heavy atom. The highest BCUT2D eigenvalue weighted by molar-refractivity contribution is 7.93. The number of rotatable bonds is 19. The van der Waals surface area contributed by atoms with Crippen molar-refractivity contribution in [3.8, 4) is 0 Å². The number of sulfonamides is 2. The van der Waals surface area contributed by atoms with Crippen LogP contribution in [0.25, 0.3) is 0 Å². The Morgan fingerprint density at radius 2 is 0.909 bits per heavy atom. The average molecular weight is 946 g/mol. The van der Waals surface area contributed by atoms with Gasteiger partial charge in [0.15, 0.2) is 5.78 Å². The Balaban J connectivity index is 0.000000247. The summed E-state index contributed by atoms with van der Waals surface area (Å²) in [5, 5.41) is 0. The van der Waals surface area contributed by atoms with Crippen LogP contribution in [0.5, 0.6) is 0 Å². The van der Waals surface area contributed by atoms with Gasteiger partial charge in [-0.15, -0.1) is 0 Å². The van der Waals surface area contributed by atoms with Gasteiger partial charge in [0.2, 0.25) is 31.9 Å². The number of esters is 1. The Labute approximate surface area is 390 Å². The number of Topliss-reactive ketones (excluding diaryl/α,β-unsaturated/α-hetero) is 1. The molecule has 4 aromatic rings. The highest BCUT2D eigenvalue weighted by Crippen LogP contribution is 2.24. The number of anilines is 2. The molecular weight excluding hydrogens is 883 g/mol. The van der Waals surface area contributed by atoms with Gasteiger partial charge in [-0.2, -0.15) is 0 Å². The van der Waals surface area contributed by atoms with Crippen molar-refractivity contribution in [3.05, 3.63) is 131 Å². The summed E-state index contributed by atoms with van der Waals surface area (Å²) in [6, 6.07) is 31.7. The van der Waals surface area contributed by atoms with Crippen LogP contribution in [-0.4, -0.2) is 151 Å². The minimum atomic E-state index is -3.58. The minimum Gasteiger partial charge on any atom is -0.465 e. The van der Waals surface area contributed by atoms with Gasteiger partial charge >= 0.3 is 5.97 Å². The van der Waals surface area contributed by atoms with Crippen molar-refractivity contribution in [3.63, 3.8) is 0 Å². The van der Waals surface area contributed by atoms with E-state index in [1.54, 1.807) is 86.6 Å². The molecule has 16 nitrogen and oxygen atoms in total. The van der Waals surface area contributed by atoms with Crippen LogP contribution in [0.15, 0.2) is 109 Å². The van der Waals surface area contributed by atoms with E-state index in [1.165, 1.54) is 15.7 Å².